The summed E-state index contributed by atoms with van der Waals surface area (Å²) in [5, 5.41) is 20.2. The molecular weight excluding hydrogens is 340 g/mol. The number of pyridine rings is 1. The predicted molar refractivity (Wildman–Crippen MR) is 83.5 cm³/mol. The third-order valence-corrected chi connectivity index (χ3v) is 4.11. The Kier molecular flexibility index (Phi) is 5.13. The predicted octanol–water partition coefficient (Wildman–Crippen LogP) is 1.64. The van der Waals surface area contributed by atoms with E-state index >= 15 is 0 Å². The zero-order valence-corrected chi connectivity index (χ0v) is 13.7. The number of β-amino-alcohol motifs (C(OH)–C–C–N with tert-alkyl or cyclic N) is 1. The van der Waals surface area contributed by atoms with Crippen LogP contribution in [0.15, 0.2) is 16.7 Å². The van der Waals surface area contributed by atoms with E-state index in [2.05, 4.69) is 37.6 Å². The maximum atomic E-state index is 10.8. The summed E-state index contributed by atoms with van der Waals surface area (Å²) in [6.07, 6.45) is 0.947. The average Bonchev–Trinajstić information content (AvgIpc) is 2.38. The van der Waals surface area contributed by atoms with E-state index in [1.807, 2.05) is 0 Å². The number of hydrogen-bond donors (Lipinski definition) is 1. The number of rotatable bonds is 4. The molecule has 8 heteroatoms. The normalized spacial score (nSPS) is 21.3. The van der Waals surface area contributed by atoms with Crippen LogP contribution in [-0.4, -0.2) is 58.2 Å². The van der Waals surface area contributed by atoms with Crippen molar-refractivity contribution in [3.63, 3.8) is 0 Å². The molecule has 1 aliphatic rings. The number of aliphatic hydroxyl groups excluding tert-OH is 1. The topological polar surface area (TPSA) is 82.7 Å². The molecule has 1 N–H and O–H groups in total. The van der Waals surface area contributed by atoms with E-state index in [1.54, 1.807) is 6.92 Å². The summed E-state index contributed by atoms with van der Waals surface area (Å²) in [7, 11) is 0. The van der Waals surface area contributed by atoms with Crippen molar-refractivity contribution in [2.45, 2.75) is 26.0 Å². The fourth-order valence-corrected chi connectivity index (χ4v) is 3.18. The third-order valence-electron chi connectivity index (χ3n) is 3.52. The Morgan fingerprint density at radius 2 is 2.33 bits per heavy atom. The summed E-state index contributed by atoms with van der Waals surface area (Å²) in [5.74, 6) is 0.727. The Bertz CT molecular complexity index is 526. The number of aliphatic hydroxyl groups is 1. The average molecular weight is 359 g/mol. The minimum atomic E-state index is -0.453. The number of nitro groups is 1. The van der Waals surface area contributed by atoms with Gasteiger partial charge in [0.2, 0.25) is 0 Å². The van der Waals surface area contributed by atoms with Crippen LogP contribution in [0.25, 0.3) is 0 Å². The van der Waals surface area contributed by atoms with Crippen molar-refractivity contribution in [2.24, 2.45) is 0 Å². The molecule has 2 unspecified atom stereocenters. The van der Waals surface area contributed by atoms with Crippen LogP contribution in [-0.2, 0) is 0 Å². The summed E-state index contributed by atoms with van der Waals surface area (Å²) in [6.45, 7) is 6.97. The molecule has 0 spiro atoms. The molecule has 0 bridgehead atoms. The van der Waals surface area contributed by atoms with Crippen LogP contribution >= 0.6 is 15.9 Å². The first-order valence-corrected chi connectivity index (χ1v) is 7.64. The first-order chi connectivity index (χ1) is 9.88. The van der Waals surface area contributed by atoms with Gasteiger partial charge in [-0.2, -0.15) is 0 Å². The number of hydrogen-bond acceptors (Lipinski definition) is 6. The highest BCUT2D eigenvalue weighted by Crippen LogP contribution is 2.29. The van der Waals surface area contributed by atoms with E-state index in [4.69, 9.17) is 0 Å². The van der Waals surface area contributed by atoms with Gasteiger partial charge in [-0.3, -0.25) is 15.0 Å². The molecule has 2 atom stereocenters. The van der Waals surface area contributed by atoms with Crippen molar-refractivity contribution in [3.8, 4) is 0 Å². The molecule has 21 heavy (non-hydrogen) atoms. The SMILES string of the molecule is CC(O)CN1CCN(c2ncc([N+](=O)[O-])cc2Br)C(C)C1. The smallest absolute Gasteiger partial charge is 0.288 e. The second-order valence-corrected chi connectivity index (χ2v) is 6.26. The second kappa shape index (κ2) is 6.67. The van der Waals surface area contributed by atoms with E-state index in [-0.39, 0.29) is 17.8 Å². The van der Waals surface area contributed by atoms with Crippen molar-refractivity contribution in [1.29, 1.82) is 0 Å². The quantitative estimate of drug-likeness (QED) is 0.650. The van der Waals surface area contributed by atoms with Gasteiger partial charge in [-0.15, -0.1) is 0 Å². The van der Waals surface area contributed by atoms with E-state index < -0.39 is 4.92 Å². The summed E-state index contributed by atoms with van der Waals surface area (Å²) in [4.78, 5) is 18.9. The molecule has 2 heterocycles. The van der Waals surface area contributed by atoms with Crippen molar-refractivity contribution in [1.82, 2.24) is 9.88 Å². The highest BCUT2D eigenvalue weighted by Gasteiger charge is 2.27. The van der Waals surface area contributed by atoms with Crippen LogP contribution in [0.1, 0.15) is 13.8 Å². The zero-order valence-electron chi connectivity index (χ0n) is 12.1. The molecule has 0 amide bonds. The first kappa shape index (κ1) is 16.1. The fourth-order valence-electron chi connectivity index (χ4n) is 2.62. The van der Waals surface area contributed by atoms with Gasteiger partial charge >= 0.3 is 0 Å². The number of nitrogens with zero attached hydrogens (tertiary/aromatic N) is 4. The molecule has 1 aliphatic heterocycles. The van der Waals surface area contributed by atoms with Crippen LogP contribution < -0.4 is 4.90 Å². The van der Waals surface area contributed by atoms with Crippen molar-refractivity contribution in [2.75, 3.05) is 31.1 Å². The summed E-state index contributed by atoms with van der Waals surface area (Å²) < 4.78 is 0.632. The highest BCUT2D eigenvalue weighted by molar-refractivity contribution is 9.10. The molecule has 1 fully saturated rings. The van der Waals surface area contributed by atoms with Crippen LogP contribution in [0, 0.1) is 10.1 Å². The minimum Gasteiger partial charge on any atom is -0.392 e. The highest BCUT2D eigenvalue weighted by atomic mass is 79.9. The monoisotopic (exact) mass is 358 g/mol. The molecule has 0 saturated carbocycles. The molecule has 7 nitrogen and oxygen atoms in total. The Morgan fingerprint density at radius 1 is 1.62 bits per heavy atom. The fraction of sp³-hybridized carbons (Fsp3) is 0.615. The lowest BCUT2D eigenvalue weighted by Gasteiger charge is -2.41. The Hall–Kier alpha value is -1.25. The lowest BCUT2D eigenvalue weighted by atomic mass is 10.1. The largest absolute Gasteiger partial charge is 0.392 e. The molecule has 0 radical (unpaired) electrons. The second-order valence-electron chi connectivity index (χ2n) is 5.41. The molecule has 0 aliphatic carbocycles. The molecule has 0 aromatic carbocycles. The Labute approximate surface area is 131 Å². The standard InChI is InChI=1S/C13H19BrN4O3/c1-9-7-16(8-10(2)19)3-4-17(9)13-12(14)5-11(6-15-13)18(20)21/h5-6,9-10,19H,3-4,7-8H2,1-2H3. The molecule has 1 aromatic heterocycles. The molecular formula is C13H19BrN4O3. The zero-order chi connectivity index (χ0) is 15.6. The number of anilines is 1. The van der Waals surface area contributed by atoms with Gasteiger partial charge in [0.1, 0.15) is 12.0 Å². The van der Waals surface area contributed by atoms with Crippen molar-refractivity contribution < 1.29 is 10.0 Å². The number of halogens is 1. The maximum Gasteiger partial charge on any atom is 0.288 e. The minimum absolute atomic E-state index is 0.0222. The molecule has 1 aromatic rings. The van der Waals surface area contributed by atoms with E-state index in [9.17, 15) is 15.2 Å². The van der Waals surface area contributed by atoms with Gasteiger partial charge in [0, 0.05) is 38.3 Å². The Morgan fingerprint density at radius 3 is 2.86 bits per heavy atom. The van der Waals surface area contributed by atoms with Crippen LogP contribution in [0.5, 0.6) is 0 Å². The molecule has 1 saturated heterocycles. The van der Waals surface area contributed by atoms with Crippen LogP contribution in [0.2, 0.25) is 0 Å². The van der Waals surface area contributed by atoms with Gasteiger partial charge in [-0.25, -0.2) is 4.98 Å². The van der Waals surface area contributed by atoms with E-state index in [0.717, 1.165) is 25.5 Å². The first-order valence-electron chi connectivity index (χ1n) is 6.85. The molecule has 116 valence electrons. The lowest BCUT2D eigenvalue weighted by molar-refractivity contribution is -0.385. The van der Waals surface area contributed by atoms with Gasteiger partial charge in [0.05, 0.1) is 15.5 Å². The van der Waals surface area contributed by atoms with Gasteiger partial charge in [-0.1, -0.05) is 0 Å². The van der Waals surface area contributed by atoms with Gasteiger partial charge in [0.15, 0.2) is 0 Å². The number of aromatic nitrogens is 1. The van der Waals surface area contributed by atoms with Crippen molar-refractivity contribution >= 4 is 27.4 Å². The van der Waals surface area contributed by atoms with Crippen LogP contribution in [0.4, 0.5) is 11.5 Å². The summed E-state index contributed by atoms with van der Waals surface area (Å²) in [5.41, 5.74) is -0.0222. The van der Waals surface area contributed by atoms with Crippen molar-refractivity contribution in [3.05, 3.63) is 26.9 Å². The Balaban J connectivity index is 2.11. The van der Waals surface area contributed by atoms with Gasteiger partial charge < -0.3 is 10.0 Å². The maximum absolute atomic E-state index is 10.8. The van der Waals surface area contributed by atoms with E-state index in [1.165, 1.54) is 12.3 Å². The number of piperazine rings is 1. The molecule has 2 rings (SSSR count). The third kappa shape index (κ3) is 3.90. The van der Waals surface area contributed by atoms with E-state index in [0.29, 0.717) is 11.0 Å². The van der Waals surface area contributed by atoms with Crippen LogP contribution in [0.3, 0.4) is 0 Å². The summed E-state index contributed by atoms with van der Waals surface area (Å²) >= 11 is 3.37. The van der Waals surface area contributed by atoms with Gasteiger partial charge in [0.25, 0.3) is 5.69 Å². The summed E-state index contributed by atoms with van der Waals surface area (Å²) in [6, 6.07) is 1.71. The lowest BCUT2D eigenvalue weighted by Crippen LogP contribution is -2.53. The van der Waals surface area contributed by atoms with Gasteiger partial charge in [-0.05, 0) is 29.8 Å².